The predicted octanol–water partition coefficient (Wildman–Crippen LogP) is 4.28. The van der Waals surface area contributed by atoms with Crippen LogP contribution in [-0.2, 0) is 0 Å². The van der Waals surface area contributed by atoms with Gasteiger partial charge in [0.05, 0.1) is 17.6 Å². The van der Waals surface area contributed by atoms with Gasteiger partial charge in [-0.2, -0.15) is 5.10 Å². The second-order valence-corrected chi connectivity index (χ2v) is 4.69. The van der Waals surface area contributed by atoms with Crippen molar-refractivity contribution in [1.82, 2.24) is 9.78 Å². The normalized spacial score (nSPS) is 11.1. The molecule has 4 heteroatoms. The largest absolute Gasteiger partial charge is 0.255 e. The molecule has 0 bridgehead atoms. The standard InChI is InChI=1S/C16H12ClN3/c17-13-6-8-14(9-7-13)18-12-15-10-11-20(19-15)16-4-2-1-3-5-16/h1-12H. The summed E-state index contributed by atoms with van der Waals surface area (Å²) < 4.78 is 1.82. The van der Waals surface area contributed by atoms with Crippen LogP contribution in [0.4, 0.5) is 5.69 Å². The summed E-state index contributed by atoms with van der Waals surface area (Å²) in [5, 5.41) is 5.16. The number of hydrogen-bond acceptors (Lipinski definition) is 2. The molecular weight excluding hydrogens is 270 g/mol. The van der Waals surface area contributed by atoms with Crippen LogP contribution in [0.1, 0.15) is 5.69 Å². The molecule has 3 aromatic rings. The molecule has 0 unspecified atom stereocenters. The van der Waals surface area contributed by atoms with Crippen LogP contribution in [0.5, 0.6) is 0 Å². The molecule has 0 aliphatic carbocycles. The van der Waals surface area contributed by atoms with E-state index < -0.39 is 0 Å². The molecule has 20 heavy (non-hydrogen) atoms. The lowest BCUT2D eigenvalue weighted by molar-refractivity contribution is 0.877. The van der Waals surface area contributed by atoms with E-state index in [0.29, 0.717) is 5.02 Å². The summed E-state index contributed by atoms with van der Waals surface area (Å²) in [6, 6.07) is 19.3. The highest BCUT2D eigenvalue weighted by atomic mass is 35.5. The quantitative estimate of drug-likeness (QED) is 0.659. The van der Waals surface area contributed by atoms with E-state index in [1.807, 2.05) is 71.5 Å². The number of nitrogens with zero attached hydrogens (tertiary/aromatic N) is 3. The van der Waals surface area contributed by atoms with E-state index in [1.165, 1.54) is 0 Å². The van der Waals surface area contributed by atoms with Crippen LogP contribution in [0.15, 0.2) is 71.9 Å². The molecule has 0 atom stereocenters. The van der Waals surface area contributed by atoms with Crippen molar-refractivity contribution in [2.75, 3.05) is 0 Å². The fourth-order valence-corrected chi connectivity index (χ4v) is 1.93. The number of rotatable bonds is 3. The highest BCUT2D eigenvalue weighted by molar-refractivity contribution is 6.30. The first kappa shape index (κ1) is 12.6. The van der Waals surface area contributed by atoms with E-state index in [2.05, 4.69) is 10.1 Å². The smallest absolute Gasteiger partial charge is 0.104 e. The van der Waals surface area contributed by atoms with Crippen molar-refractivity contribution in [2.45, 2.75) is 0 Å². The first-order valence-corrected chi connectivity index (χ1v) is 6.60. The van der Waals surface area contributed by atoms with Crippen molar-refractivity contribution in [1.29, 1.82) is 0 Å². The number of benzene rings is 2. The van der Waals surface area contributed by atoms with E-state index in [-0.39, 0.29) is 0 Å². The van der Waals surface area contributed by atoms with Gasteiger partial charge in [-0.3, -0.25) is 4.99 Å². The van der Waals surface area contributed by atoms with Gasteiger partial charge in [-0.25, -0.2) is 4.68 Å². The van der Waals surface area contributed by atoms with Gasteiger partial charge in [0.25, 0.3) is 0 Å². The molecular formula is C16H12ClN3. The molecule has 1 heterocycles. The van der Waals surface area contributed by atoms with Crippen molar-refractivity contribution in [3.8, 4) is 5.69 Å². The SMILES string of the molecule is Clc1ccc(N=Cc2ccn(-c3ccccc3)n2)cc1. The van der Waals surface area contributed by atoms with Crippen LogP contribution in [0.25, 0.3) is 5.69 Å². The summed E-state index contributed by atoms with van der Waals surface area (Å²) in [5.74, 6) is 0. The van der Waals surface area contributed by atoms with Gasteiger partial charge in [-0.1, -0.05) is 29.8 Å². The third-order valence-electron chi connectivity index (χ3n) is 2.80. The summed E-state index contributed by atoms with van der Waals surface area (Å²) in [6.45, 7) is 0. The molecule has 0 N–H and O–H groups in total. The van der Waals surface area contributed by atoms with Gasteiger partial charge in [0.2, 0.25) is 0 Å². The van der Waals surface area contributed by atoms with Crippen LogP contribution in [0.2, 0.25) is 5.02 Å². The Morgan fingerprint density at radius 2 is 1.70 bits per heavy atom. The first-order valence-electron chi connectivity index (χ1n) is 6.22. The maximum atomic E-state index is 5.83. The fraction of sp³-hybridized carbons (Fsp3) is 0. The molecule has 0 amide bonds. The average Bonchev–Trinajstić information content (AvgIpc) is 2.97. The van der Waals surface area contributed by atoms with Crippen molar-refractivity contribution in [2.24, 2.45) is 4.99 Å². The van der Waals surface area contributed by atoms with Crippen molar-refractivity contribution in [3.63, 3.8) is 0 Å². The van der Waals surface area contributed by atoms with E-state index in [1.54, 1.807) is 6.21 Å². The Balaban J connectivity index is 1.79. The number of hydrogen-bond donors (Lipinski definition) is 0. The van der Waals surface area contributed by atoms with E-state index in [4.69, 9.17) is 11.6 Å². The van der Waals surface area contributed by atoms with Gasteiger partial charge >= 0.3 is 0 Å². The average molecular weight is 282 g/mol. The molecule has 3 rings (SSSR count). The number of para-hydroxylation sites is 1. The number of halogens is 1. The van der Waals surface area contributed by atoms with Crippen molar-refractivity contribution >= 4 is 23.5 Å². The maximum Gasteiger partial charge on any atom is 0.104 e. The number of aliphatic imine (C=N–C) groups is 1. The Kier molecular flexibility index (Phi) is 3.61. The summed E-state index contributed by atoms with van der Waals surface area (Å²) in [7, 11) is 0. The van der Waals surface area contributed by atoms with Gasteiger partial charge in [-0.05, 0) is 42.5 Å². The lowest BCUT2D eigenvalue weighted by Gasteiger charge is -1.98. The second kappa shape index (κ2) is 5.72. The highest BCUT2D eigenvalue weighted by Crippen LogP contribution is 2.16. The molecule has 0 aliphatic heterocycles. The Bertz CT molecular complexity index is 715. The van der Waals surface area contributed by atoms with Gasteiger partial charge in [-0.15, -0.1) is 0 Å². The molecule has 1 aromatic heterocycles. The highest BCUT2D eigenvalue weighted by Gasteiger charge is 1.98. The third-order valence-corrected chi connectivity index (χ3v) is 3.05. The molecule has 98 valence electrons. The third kappa shape index (κ3) is 2.95. The van der Waals surface area contributed by atoms with Crippen LogP contribution in [0.3, 0.4) is 0 Å². The van der Waals surface area contributed by atoms with Crippen LogP contribution >= 0.6 is 11.6 Å². The second-order valence-electron chi connectivity index (χ2n) is 4.26. The van der Waals surface area contributed by atoms with E-state index in [0.717, 1.165) is 17.1 Å². The zero-order valence-corrected chi connectivity index (χ0v) is 11.4. The Hall–Kier alpha value is -2.39. The minimum atomic E-state index is 0.706. The summed E-state index contributed by atoms with van der Waals surface area (Å²) in [5.41, 5.74) is 2.69. The van der Waals surface area contributed by atoms with Gasteiger partial charge < -0.3 is 0 Å². The monoisotopic (exact) mass is 281 g/mol. The summed E-state index contributed by atoms with van der Waals surface area (Å²) >= 11 is 5.83. The maximum absolute atomic E-state index is 5.83. The van der Waals surface area contributed by atoms with Gasteiger partial charge in [0, 0.05) is 11.2 Å². The lowest BCUT2D eigenvalue weighted by atomic mass is 10.3. The first-order chi connectivity index (χ1) is 9.81. The molecule has 0 saturated carbocycles. The zero-order valence-electron chi connectivity index (χ0n) is 10.6. The molecule has 3 nitrogen and oxygen atoms in total. The number of aromatic nitrogens is 2. The lowest BCUT2D eigenvalue weighted by Crippen LogP contribution is -1.95. The molecule has 0 aliphatic rings. The van der Waals surface area contributed by atoms with Crippen LogP contribution < -0.4 is 0 Å². The fourth-order valence-electron chi connectivity index (χ4n) is 1.80. The van der Waals surface area contributed by atoms with Gasteiger partial charge in [0.15, 0.2) is 0 Å². The molecule has 0 spiro atoms. The molecule has 0 fully saturated rings. The Labute approximate surface area is 122 Å². The van der Waals surface area contributed by atoms with Crippen molar-refractivity contribution < 1.29 is 0 Å². The van der Waals surface area contributed by atoms with Gasteiger partial charge in [0.1, 0.15) is 5.69 Å². The predicted molar refractivity (Wildman–Crippen MR) is 82.3 cm³/mol. The molecule has 2 aromatic carbocycles. The minimum Gasteiger partial charge on any atom is -0.255 e. The Morgan fingerprint density at radius 3 is 2.45 bits per heavy atom. The Morgan fingerprint density at radius 1 is 0.950 bits per heavy atom. The topological polar surface area (TPSA) is 30.2 Å². The zero-order chi connectivity index (χ0) is 13.8. The van der Waals surface area contributed by atoms with E-state index in [9.17, 15) is 0 Å². The minimum absolute atomic E-state index is 0.706. The summed E-state index contributed by atoms with van der Waals surface area (Å²) in [4.78, 5) is 4.37. The summed E-state index contributed by atoms with van der Waals surface area (Å²) in [6.07, 6.45) is 3.65. The van der Waals surface area contributed by atoms with Crippen LogP contribution in [0, 0.1) is 0 Å². The molecule has 0 radical (unpaired) electrons. The molecule has 0 saturated heterocycles. The van der Waals surface area contributed by atoms with Crippen molar-refractivity contribution in [3.05, 3.63) is 77.6 Å². The van der Waals surface area contributed by atoms with Crippen LogP contribution in [-0.4, -0.2) is 16.0 Å². The van der Waals surface area contributed by atoms with E-state index >= 15 is 0 Å².